The van der Waals surface area contributed by atoms with Gasteiger partial charge in [-0.1, -0.05) is 121 Å². The van der Waals surface area contributed by atoms with Gasteiger partial charge in [0.25, 0.3) is 0 Å². The molecule has 0 fully saturated rings. The Balaban J connectivity index is 0.000000431. The third-order valence-electron chi connectivity index (χ3n) is 9.34. The van der Waals surface area contributed by atoms with Gasteiger partial charge in [-0.15, -0.1) is 11.5 Å². The quantitative estimate of drug-likeness (QED) is 0.0761. The summed E-state index contributed by atoms with van der Waals surface area (Å²) in [7, 11) is 0. The van der Waals surface area contributed by atoms with Crippen LogP contribution in [0.4, 0.5) is 22.7 Å². The molecule has 9 rings (SSSR count). The highest BCUT2D eigenvalue weighted by atomic mass is 15.2. The summed E-state index contributed by atoms with van der Waals surface area (Å²) >= 11 is 0. The van der Waals surface area contributed by atoms with Gasteiger partial charge in [-0.3, -0.25) is 11.7 Å². The molecule has 3 aliphatic rings. The zero-order valence-corrected chi connectivity index (χ0v) is 29.6. The van der Waals surface area contributed by atoms with Crippen molar-refractivity contribution in [3.05, 3.63) is 227 Å². The lowest BCUT2D eigenvalue weighted by atomic mass is 9.89. The summed E-state index contributed by atoms with van der Waals surface area (Å²) in [6.45, 7) is 2.08. The molecule has 5 nitrogen and oxygen atoms in total. The second-order valence-electron chi connectivity index (χ2n) is 12.8. The highest BCUT2D eigenvalue weighted by Crippen LogP contribution is 2.46. The number of anilines is 4. The number of nitrogens with zero attached hydrogens (tertiary/aromatic N) is 1. The second kappa shape index (κ2) is 16.1. The largest absolute Gasteiger partial charge is 0.355 e. The Morgan fingerprint density at radius 3 is 2.04 bits per heavy atom. The Bertz CT molecular complexity index is 2430. The van der Waals surface area contributed by atoms with Gasteiger partial charge >= 0.3 is 0 Å². The molecule has 6 aromatic carbocycles. The highest BCUT2D eigenvalue weighted by molar-refractivity contribution is 5.99. The fraction of sp³-hybridized carbons (Fsp3) is 0.0417. The van der Waals surface area contributed by atoms with Crippen molar-refractivity contribution in [2.75, 3.05) is 10.2 Å². The topological polar surface area (TPSA) is 93.3 Å². The molecule has 0 saturated heterocycles. The van der Waals surface area contributed by atoms with E-state index < -0.39 is 0 Å². The van der Waals surface area contributed by atoms with Crippen LogP contribution < -0.4 is 27.6 Å². The van der Waals surface area contributed by atoms with Gasteiger partial charge in [0.15, 0.2) is 0 Å². The van der Waals surface area contributed by atoms with E-state index in [0.29, 0.717) is 0 Å². The lowest BCUT2D eigenvalue weighted by Gasteiger charge is -2.32. The van der Waals surface area contributed by atoms with Gasteiger partial charge in [-0.05, 0) is 89.9 Å². The fourth-order valence-corrected chi connectivity index (χ4v) is 6.78. The zero-order chi connectivity index (χ0) is 36.6. The van der Waals surface area contributed by atoms with Crippen LogP contribution in [0.5, 0.6) is 0 Å². The molecule has 53 heavy (non-hydrogen) atoms. The van der Waals surface area contributed by atoms with Gasteiger partial charge in [0.05, 0.1) is 11.7 Å². The van der Waals surface area contributed by atoms with E-state index in [4.69, 9.17) is 5.73 Å². The van der Waals surface area contributed by atoms with Crippen molar-refractivity contribution in [1.29, 1.82) is 0 Å². The van der Waals surface area contributed by atoms with Crippen molar-refractivity contribution in [3.63, 3.8) is 0 Å². The van der Waals surface area contributed by atoms with Gasteiger partial charge in [-0.25, -0.2) is 0 Å². The summed E-state index contributed by atoms with van der Waals surface area (Å²) in [6.07, 6.45) is 8.34. The number of para-hydroxylation sites is 2. The summed E-state index contributed by atoms with van der Waals surface area (Å²) in [6, 6.07) is 54.4. The minimum Gasteiger partial charge on any atom is -0.355 e. The molecule has 7 N–H and O–H groups in total. The fourth-order valence-electron chi connectivity index (χ4n) is 6.78. The first-order valence-corrected chi connectivity index (χ1v) is 17.6. The number of benzene rings is 6. The predicted octanol–water partition coefficient (Wildman–Crippen LogP) is 10.7. The van der Waals surface area contributed by atoms with E-state index in [1.54, 1.807) is 0 Å². The number of rotatable bonds is 7. The second-order valence-corrected chi connectivity index (χ2v) is 12.8. The molecule has 0 saturated carbocycles. The number of allylic oxidation sites excluding steroid dienone is 3. The van der Waals surface area contributed by atoms with E-state index in [2.05, 4.69) is 186 Å². The zero-order valence-electron chi connectivity index (χ0n) is 29.6. The molecule has 6 aromatic rings. The lowest BCUT2D eigenvalue weighted by Crippen LogP contribution is -2.19. The van der Waals surface area contributed by atoms with Crippen molar-refractivity contribution >= 4 is 33.9 Å². The van der Waals surface area contributed by atoms with Gasteiger partial charge in [0, 0.05) is 51.1 Å². The van der Waals surface area contributed by atoms with Crippen LogP contribution in [0, 0.1) is 6.92 Å². The van der Waals surface area contributed by atoms with Crippen LogP contribution in [0.15, 0.2) is 205 Å². The first-order chi connectivity index (χ1) is 26.1. The molecular formula is C48H41N5. The number of hydrazine groups is 1. The molecule has 0 aromatic heterocycles. The molecule has 258 valence electrons. The summed E-state index contributed by atoms with van der Waals surface area (Å²) in [5, 5.41) is 3.70. The van der Waals surface area contributed by atoms with E-state index >= 15 is 0 Å². The Hall–Kier alpha value is -6.68. The molecular weight excluding hydrogens is 647 g/mol. The van der Waals surface area contributed by atoms with Crippen LogP contribution in [0.1, 0.15) is 28.3 Å². The molecule has 2 aliphatic carbocycles. The predicted molar refractivity (Wildman–Crippen MR) is 222 cm³/mol. The average Bonchev–Trinajstić information content (AvgIpc) is 3.92. The Morgan fingerprint density at radius 2 is 1.30 bits per heavy atom. The molecule has 2 bridgehead atoms. The summed E-state index contributed by atoms with van der Waals surface area (Å²) in [5.74, 6) is 8.00. The Kier molecular flexibility index (Phi) is 10.6. The summed E-state index contributed by atoms with van der Waals surface area (Å²) < 4.78 is 0. The number of aryl methyl sites for hydroxylation is 1. The van der Waals surface area contributed by atoms with Crippen LogP contribution in [-0.4, -0.2) is 0 Å². The molecule has 1 atom stereocenters. The van der Waals surface area contributed by atoms with Gasteiger partial charge in [0.1, 0.15) is 0 Å². The van der Waals surface area contributed by atoms with Crippen LogP contribution in [0.2, 0.25) is 0 Å². The van der Waals surface area contributed by atoms with Crippen LogP contribution >= 0.6 is 0 Å². The third-order valence-corrected chi connectivity index (χ3v) is 9.34. The minimum atomic E-state index is -0.277. The average molecular weight is 688 g/mol. The Labute approximate surface area is 311 Å². The van der Waals surface area contributed by atoms with Gasteiger partial charge in [0.2, 0.25) is 0 Å². The maximum atomic E-state index is 6.77. The monoisotopic (exact) mass is 687 g/mol. The van der Waals surface area contributed by atoms with E-state index in [1.807, 2.05) is 36.4 Å². The van der Waals surface area contributed by atoms with E-state index in [0.717, 1.165) is 56.3 Å². The van der Waals surface area contributed by atoms with Crippen molar-refractivity contribution in [1.82, 2.24) is 0 Å². The van der Waals surface area contributed by atoms with Gasteiger partial charge in [-0.2, -0.15) is 0 Å². The molecule has 5 heteroatoms. The maximum absolute atomic E-state index is 6.77. The third kappa shape index (κ3) is 7.52. The normalized spacial score (nSPS) is 13.6. The summed E-state index contributed by atoms with van der Waals surface area (Å²) in [5.41, 5.74) is 29.4. The standard InChI is InChI=1S/C41H29N3.C7H8.H4N2/c42-41(31-22-21-29(25-31)28-11-3-1-4-12-28)30-13-9-14-32(26-30)43-39-19-8-7-17-36(39)35-24-23-34-27-38(35)37-18-10-20-40(37)44(34)33-15-5-2-6-16-33;1-7-5-3-2-4-6-7;1-2/h1-9,11-24,26-27,41,43H,42H2;2-6H,1H3;1-2H2. The minimum absolute atomic E-state index is 0.277. The Morgan fingerprint density at radius 1 is 0.604 bits per heavy atom. The first kappa shape index (κ1) is 34.8. The smallest absolute Gasteiger partial charge is 0.0626 e. The van der Waals surface area contributed by atoms with Crippen LogP contribution in [0.25, 0.3) is 22.3 Å². The molecule has 1 unspecified atom stereocenters. The highest BCUT2D eigenvalue weighted by Gasteiger charge is 2.27. The number of nitrogens with one attached hydrogen (secondary N) is 1. The molecule has 0 spiro atoms. The summed E-state index contributed by atoms with van der Waals surface area (Å²) in [4.78, 5) is 2.30. The van der Waals surface area contributed by atoms with Crippen molar-refractivity contribution in [2.24, 2.45) is 17.4 Å². The van der Waals surface area contributed by atoms with E-state index in [1.165, 1.54) is 22.3 Å². The van der Waals surface area contributed by atoms with Crippen LogP contribution in [-0.2, 0) is 0 Å². The van der Waals surface area contributed by atoms with Crippen molar-refractivity contribution < 1.29 is 0 Å². The van der Waals surface area contributed by atoms with Gasteiger partial charge < -0.3 is 16.0 Å². The molecule has 0 amide bonds. The number of hydrogen-bond acceptors (Lipinski definition) is 5. The molecule has 1 aliphatic heterocycles. The maximum Gasteiger partial charge on any atom is 0.0626 e. The first-order valence-electron chi connectivity index (χ1n) is 17.6. The molecule has 0 radical (unpaired) electrons. The SMILES string of the molecule is Cc1ccccc1.NC(C1=C=C(c2ccccc2)C=C1)c1cccc(Nc2ccccc2-c2ccc3cc2C2=C(C=C=C2)N3c2ccccc2)c1.NN. The van der Waals surface area contributed by atoms with Crippen LogP contribution in [0.3, 0.4) is 0 Å². The van der Waals surface area contributed by atoms with E-state index in [9.17, 15) is 0 Å². The lowest BCUT2D eigenvalue weighted by molar-refractivity contribution is 0.875. The van der Waals surface area contributed by atoms with Crippen molar-refractivity contribution in [2.45, 2.75) is 13.0 Å². The van der Waals surface area contributed by atoms with E-state index in [-0.39, 0.29) is 6.04 Å². The van der Waals surface area contributed by atoms with Crippen molar-refractivity contribution in [3.8, 4) is 11.1 Å². The molecule has 1 heterocycles. The number of hydrogen-bond donors (Lipinski definition) is 4. The number of nitrogens with two attached hydrogens (primary N) is 3. The number of fused-ring (bicyclic) bond motifs is 3.